The van der Waals surface area contributed by atoms with Crippen LogP contribution in [0.5, 0.6) is 11.5 Å². The van der Waals surface area contributed by atoms with Gasteiger partial charge in [-0.1, -0.05) is 5.46 Å². The molecule has 3 nitrogen and oxygen atoms in total. The molecule has 0 radical (unpaired) electrons. The van der Waals surface area contributed by atoms with Crippen molar-refractivity contribution in [3.05, 3.63) is 18.2 Å². The molecular weight excluding hydrogens is 236 g/mol. The van der Waals surface area contributed by atoms with E-state index >= 15 is 0 Å². The van der Waals surface area contributed by atoms with E-state index in [-0.39, 0.29) is 24.7 Å². The second-order valence-corrected chi connectivity index (χ2v) is 3.32. The molecule has 0 spiro atoms. The van der Waals surface area contributed by atoms with Crippen molar-refractivity contribution < 1.29 is 27.2 Å². The molecule has 0 saturated heterocycles. The van der Waals surface area contributed by atoms with Crippen molar-refractivity contribution in [1.29, 1.82) is 0 Å². The summed E-state index contributed by atoms with van der Waals surface area (Å²) in [5, 5.41) is 0. The van der Waals surface area contributed by atoms with Gasteiger partial charge in [0.05, 0.1) is 19.5 Å². The van der Waals surface area contributed by atoms with Gasteiger partial charge in [0.25, 0.3) is 0 Å². The number of rotatable bonds is 6. The van der Waals surface area contributed by atoms with Crippen LogP contribution in [0, 0.1) is 0 Å². The van der Waals surface area contributed by atoms with Crippen molar-refractivity contribution in [2.75, 3.05) is 27.4 Å². The van der Waals surface area contributed by atoms with Crippen LogP contribution in [0.1, 0.15) is 0 Å². The Kier molecular flexibility index (Phi) is 4.68. The molecule has 0 aliphatic heterocycles. The zero-order valence-corrected chi connectivity index (χ0v) is 9.58. The van der Waals surface area contributed by atoms with Crippen LogP contribution in [-0.2, 0) is 4.74 Å². The number of hydrogen-bond acceptors (Lipinski definition) is 3. The molecule has 96 valence electrons. The Hall–Kier alpha value is -1.37. The van der Waals surface area contributed by atoms with Crippen molar-refractivity contribution in [3.63, 3.8) is 0 Å². The SMILES string of the molecule is COCCOc1ccc(OC)cc1[B-](F)(F)F. The van der Waals surface area contributed by atoms with Crippen LogP contribution in [-0.4, -0.2) is 34.4 Å². The van der Waals surface area contributed by atoms with Gasteiger partial charge in [0.1, 0.15) is 12.4 Å². The largest absolute Gasteiger partial charge is 0.513 e. The van der Waals surface area contributed by atoms with Gasteiger partial charge in [-0.2, -0.15) is 0 Å². The van der Waals surface area contributed by atoms with E-state index in [4.69, 9.17) is 14.2 Å². The summed E-state index contributed by atoms with van der Waals surface area (Å²) < 4.78 is 52.8. The third-order valence-corrected chi connectivity index (χ3v) is 2.11. The molecule has 0 bridgehead atoms. The van der Waals surface area contributed by atoms with Crippen LogP contribution >= 0.6 is 0 Å². The standard InChI is InChI=1S/C10H13BF3O3/c1-15-5-6-17-10-4-3-8(16-2)7-9(10)11(12,13)14/h3-4,7H,5-6H2,1-2H3/q-1. The molecule has 0 N–H and O–H groups in total. The average molecular weight is 249 g/mol. The number of methoxy groups -OCH3 is 2. The summed E-state index contributed by atoms with van der Waals surface area (Å²) in [7, 11) is 2.76. The summed E-state index contributed by atoms with van der Waals surface area (Å²) in [5.74, 6) is -0.0476. The van der Waals surface area contributed by atoms with Gasteiger partial charge in [0.15, 0.2) is 0 Å². The summed E-state index contributed by atoms with van der Waals surface area (Å²) in [5.41, 5.74) is -0.791. The first-order valence-corrected chi connectivity index (χ1v) is 4.98. The van der Waals surface area contributed by atoms with E-state index in [9.17, 15) is 12.9 Å². The van der Waals surface area contributed by atoms with Gasteiger partial charge in [0.2, 0.25) is 0 Å². The zero-order valence-electron chi connectivity index (χ0n) is 9.58. The number of hydrogen-bond donors (Lipinski definition) is 0. The van der Waals surface area contributed by atoms with Gasteiger partial charge in [-0.25, -0.2) is 0 Å². The van der Waals surface area contributed by atoms with Crippen molar-refractivity contribution in [2.45, 2.75) is 0 Å². The maximum atomic E-state index is 12.8. The predicted molar refractivity (Wildman–Crippen MR) is 59.1 cm³/mol. The highest BCUT2D eigenvalue weighted by atomic mass is 19.4. The van der Waals surface area contributed by atoms with Crippen LogP contribution in [0.2, 0.25) is 0 Å². The molecule has 17 heavy (non-hydrogen) atoms. The molecule has 0 unspecified atom stereocenters. The number of ether oxygens (including phenoxy) is 3. The fourth-order valence-electron chi connectivity index (χ4n) is 1.28. The molecule has 0 aliphatic carbocycles. The summed E-state index contributed by atoms with van der Waals surface area (Å²) >= 11 is 0. The summed E-state index contributed by atoms with van der Waals surface area (Å²) in [6, 6.07) is 3.61. The van der Waals surface area contributed by atoms with Gasteiger partial charge in [-0.15, -0.1) is 0 Å². The second kappa shape index (κ2) is 5.81. The van der Waals surface area contributed by atoms with E-state index in [1.807, 2.05) is 0 Å². The molecule has 0 saturated carbocycles. The molecule has 0 atom stereocenters. The Morgan fingerprint density at radius 1 is 1.12 bits per heavy atom. The van der Waals surface area contributed by atoms with Crippen LogP contribution in [0.15, 0.2) is 18.2 Å². The quantitative estimate of drug-likeness (QED) is 0.568. The maximum absolute atomic E-state index is 12.8. The lowest BCUT2D eigenvalue weighted by molar-refractivity contribution is 0.146. The minimum Gasteiger partial charge on any atom is -0.497 e. The molecule has 1 rings (SSSR count). The Labute approximate surface area is 97.5 Å². The first-order chi connectivity index (χ1) is 7.99. The first-order valence-electron chi connectivity index (χ1n) is 4.98. The van der Waals surface area contributed by atoms with E-state index in [1.165, 1.54) is 26.4 Å². The topological polar surface area (TPSA) is 27.7 Å². The minimum atomic E-state index is -5.13. The van der Waals surface area contributed by atoms with Gasteiger partial charge >= 0.3 is 6.98 Å². The van der Waals surface area contributed by atoms with Crippen LogP contribution in [0.25, 0.3) is 0 Å². The van der Waals surface area contributed by atoms with E-state index in [0.717, 1.165) is 6.07 Å². The normalized spacial score (nSPS) is 11.4. The molecule has 1 aromatic carbocycles. The van der Waals surface area contributed by atoms with Gasteiger partial charge < -0.3 is 27.2 Å². The van der Waals surface area contributed by atoms with Crippen LogP contribution < -0.4 is 14.9 Å². The molecule has 0 heterocycles. The molecular formula is C10H13BF3O3-. The highest BCUT2D eigenvalue weighted by Crippen LogP contribution is 2.22. The summed E-state index contributed by atoms with van der Waals surface area (Å²) in [6.45, 7) is -4.83. The first kappa shape index (κ1) is 13.7. The summed E-state index contributed by atoms with van der Waals surface area (Å²) in [6.07, 6.45) is 0. The Bertz CT molecular complexity index is 368. The maximum Gasteiger partial charge on any atom is 0.513 e. The van der Waals surface area contributed by atoms with E-state index in [1.54, 1.807) is 0 Å². The fraction of sp³-hybridized carbons (Fsp3) is 0.400. The van der Waals surface area contributed by atoms with Crippen molar-refractivity contribution in [2.24, 2.45) is 0 Å². The lowest BCUT2D eigenvalue weighted by atomic mass is 9.79. The molecule has 0 aliphatic rings. The molecule has 0 fully saturated rings. The average Bonchev–Trinajstić information content (AvgIpc) is 2.28. The molecule has 0 aromatic heterocycles. The van der Waals surface area contributed by atoms with E-state index < -0.39 is 12.4 Å². The lowest BCUT2D eigenvalue weighted by Crippen LogP contribution is -2.35. The Morgan fingerprint density at radius 3 is 2.35 bits per heavy atom. The predicted octanol–water partition coefficient (Wildman–Crippen LogP) is 1.77. The van der Waals surface area contributed by atoms with Gasteiger partial charge in [-0.05, 0) is 18.2 Å². The summed E-state index contributed by atoms with van der Waals surface area (Å²) in [4.78, 5) is 0. The van der Waals surface area contributed by atoms with Crippen molar-refractivity contribution in [1.82, 2.24) is 0 Å². The fourth-order valence-corrected chi connectivity index (χ4v) is 1.28. The van der Waals surface area contributed by atoms with Crippen molar-refractivity contribution >= 4 is 12.4 Å². The van der Waals surface area contributed by atoms with Crippen molar-refractivity contribution in [3.8, 4) is 11.5 Å². The zero-order chi connectivity index (χ0) is 12.9. The van der Waals surface area contributed by atoms with Gasteiger partial charge in [0, 0.05) is 7.11 Å². The third kappa shape index (κ3) is 3.85. The Balaban J connectivity index is 2.95. The second-order valence-electron chi connectivity index (χ2n) is 3.32. The third-order valence-electron chi connectivity index (χ3n) is 2.11. The molecule has 1 aromatic rings. The van der Waals surface area contributed by atoms with E-state index in [0.29, 0.717) is 0 Å². The number of benzene rings is 1. The van der Waals surface area contributed by atoms with E-state index in [2.05, 4.69) is 0 Å². The van der Waals surface area contributed by atoms with Gasteiger partial charge in [-0.3, -0.25) is 0 Å². The molecule has 7 heteroatoms. The number of halogens is 3. The van der Waals surface area contributed by atoms with Crippen LogP contribution in [0.4, 0.5) is 12.9 Å². The molecule has 0 amide bonds. The highest BCUT2D eigenvalue weighted by molar-refractivity contribution is 6.74. The minimum absolute atomic E-state index is 0.0714. The monoisotopic (exact) mass is 249 g/mol. The van der Waals surface area contributed by atoms with Crippen LogP contribution in [0.3, 0.4) is 0 Å². The lowest BCUT2D eigenvalue weighted by Gasteiger charge is -2.20. The highest BCUT2D eigenvalue weighted by Gasteiger charge is 2.29. The smallest absolute Gasteiger partial charge is 0.497 e. The Morgan fingerprint density at radius 2 is 1.82 bits per heavy atom.